The summed E-state index contributed by atoms with van der Waals surface area (Å²) in [6.45, 7) is 4.04. The van der Waals surface area contributed by atoms with Crippen molar-refractivity contribution in [2.75, 3.05) is 57.0 Å². The minimum absolute atomic E-state index is 0.0625. The fraction of sp³-hybridized carbons (Fsp3) is 0.385. The molecular formula is C26H32Cl7N11. The highest BCUT2D eigenvalue weighted by molar-refractivity contribution is 6.35. The summed E-state index contributed by atoms with van der Waals surface area (Å²) in [5.74, 6) is 3.19. The van der Waals surface area contributed by atoms with Crippen LogP contribution in [0.25, 0.3) is 0 Å². The van der Waals surface area contributed by atoms with Crippen molar-refractivity contribution in [3.8, 4) is 0 Å². The van der Waals surface area contributed by atoms with Crippen molar-refractivity contribution in [3.05, 3.63) is 72.2 Å². The summed E-state index contributed by atoms with van der Waals surface area (Å²) >= 11 is 38.9. The van der Waals surface area contributed by atoms with Crippen molar-refractivity contribution < 1.29 is 0 Å². The predicted molar refractivity (Wildman–Crippen MR) is 185 cm³/mol. The van der Waals surface area contributed by atoms with E-state index in [2.05, 4.69) is 39.9 Å². The number of hydrogen-bond acceptors (Lipinski definition) is 11. The van der Waals surface area contributed by atoms with Crippen LogP contribution in [0.4, 0.5) is 17.5 Å². The van der Waals surface area contributed by atoms with Gasteiger partial charge in [0.25, 0.3) is 0 Å². The van der Waals surface area contributed by atoms with Gasteiger partial charge < -0.3 is 14.7 Å². The Kier molecular flexibility index (Phi) is 18.1. The largest absolute Gasteiger partial charge is 0.363 e. The highest BCUT2D eigenvalue weighted by atomic mass is 35.5. The fourth-order valence-corrected chi connectivity index (χ4v) is 4.15. The van der Waals surface area contributed by atoms with Crippen LogP contribution in [0, 0.1) is 0 Å². The van der Waals surface area contributed by atoms with Gasteiger partial charge in [0.1, 0.15) is 43.9 Å². The molecule has 0 aliphatic heterocycles. The van der Waals surface area contributed by atoms with Gasteiger partial charge in [0.2, 0.25) is 15.9 Å². The molecule has 0 bridgehead atoms. The van der Waals surface area contributed by atoms with Gasteiger partial charge in [0, 0.05) is 78.7 Å². The molecule has 0 unspecified atom stereocenters. The van der Waals surface area contributed by atoms with E-state index < -0.39 is 0 Å². The Morgan fingerprint density at radius 2 is 0.795 bits per heavy atom. The summed E-state index contributed by atoms with van der Waals surface area (Å²) < 4.78 is 0. The van der Waals surface area contributed by atoms with Gasteiger partial charge in [-0.15, -0.1) is 0 Å². The number of aryl methyl sites for hydroxylation is 2. The zero-order valence-corrected chi connectivity index (χ0v) is 30.6. The second-order valence-electron chi connectivity index (χ2n) is 8.94. The quantitative estimate of drug-likeness (QED) is 0.147. The van der Waals surface area contributed by atoms with Crippen molar-refractivity contribution in [2.24, 2.45) is 0 Å². The standard InChI is InChI=1S/2C8H12ClN3.C6H7Cl2N3.C4HCl3N2/c1-4-7-10-6(9)5-8(11-7)12(2)3;1-4-6-5-7(12(2)3)11-8(9)10-6;1-11(2)5-3-4(7)9-6(8)10-5;5-2-1-3(6)9-4(7)8-2/h2*5H,4H2,1-3H3;3H,1-2H3;1H. The number of halogens is 7. The molecular weight excluding hydrogens is 715 g/mol. The topological polar surface area (TPSA) is 113 Å². The smallest absolute Gasteiger partial charge is 0.225 e. The highest BCUT2D eigenvalue weighted by Gasteiger charge is 2.04. The molecule has 240 valence electrons. The third-order valence-corrected chi connectivity index (χ3v) is 6.09. The molecule has 0 N–H and O–H groups in total. The Bertz CT molecular complexity index is 1350. The van der Waals surface area contributed by atoms with E-state index in [0.717, 1.165) is 36.0 Å². The van der Waals surface area contributed by atoms with Gasteiger partial charge in [0.15, 0.2) is 0 Å². The van der Waals surface area contributed by atoms with E-state index in [-0.39, 0.29) is 20.9 Å². The van der Waals surface area contributed by atoms with E-state index in [9.17, 15) is 0 Å². The Balaban J connectivity index is 0.000000295. The summed E-state index contributed by atoms with van der Waals surface area (Å²) in [5.41, 5.74) is 0.971. The Labute approximate surface area is 292 Å². The highest BCUT2D eigenvalue weighted by Crippen LogP contribution is 2.17. The Hall–Kier alpha value is -2.25. The van der Waals surface area contributed by atoms with Crippen LogP contribution in [0.15, 0.2) is 24.3 Å². The lowest BCUT2D eigenvalue weighted by Gasteiger charge is -2.11. The maximum atomic E-state index is 5.80. The number of hydrogen-bond donors (Lipinski definition) is 0. The summed E-state index contributed by atoms with van der Waals surface area (Å²) in [6.07, 6.45) is 1.68. The van der Waals surface area contributed by atoms with Gasteiger partial charge in [-0.05, 0) is 41.2 Å². The van der Waals surface area contributed by atoms with E-state index in [1.165, 1.54) is 6.07 Å². The Morgan fingerprint density at radius 1 is 0.432 bits per heavy atom. The molecule has 0 aliphatic carbocycles. The van der Waals surface area contributed by atoms with Crippen LogP contribution in [-0.4, -0.2) is 82.2 Å². The number of aromatic nitrogens is 8. The molecule has 11 nitrogen and oxygen atoms in total. The van der Waals surface area contributed by atoms with Crippen molar-refractivity contribution in [1.82, 2.24) is 39.9 Å². The lowest BCUT2D eigenvalue weighted by molar-refractivity contribution is 0.916. The molecule has 0 aromatic carbocycles. The molecule has 4 rings (SSSR count). The molecule has 0 amide bonds. The fourth-order valence-electron chi connectivity index (χ4n) is 2.67. The van der Waals surface area contributed by atoms with Crippen molar-refractivity contribution in [3.63, 3.8) is 0 Å². The normalized spacial score (nSPS) is 9.89. The molecule has 0 radical (unpaired) electrons. The summed E-state index contributed by atoms with van der Waals surface area (Å²) in [5, 5.41) is 1.91. The first-order valence-corrected chi connectivity index (χ1v) is 15.3. The van der Waals surface area contributed by atoms with Crippen molar-refractivity contribution >= 4 is 98.7 Å². The van der Waals surface area contributed by atoms with Crippen LogP contribution in [0.3, 0.4) is 0 Å². The molecule has 0 atom stereocenters. The summed E-state index contributed by atoms with van der Waals surface area (Å²) in [6, 6.07) is 6.75. The first-order chi connectivity index (χ1) is 20.5. The molecule has 44 heavy (non-hydrogen) atoms. The molecule has 4 heterocycles. The number of anilines is 3. The molecule has 4 aromatic rings. The van der Waals surface area contributed by atoms with E-state index in [1.54, 1.807) is 17.0 Å². The number of nitrogens with zero attached hydrogens (tertiary/aromatic N) is 11. The summed E-state index contributed by atoms with van der Waals surface area (Å²) in [4.78, 5) is 36.9. The summed E-state index contributed by atoms with van der Waals surface area (Å²) in [7, 11) is 11.4. The molecule has 0 saturated heterocycles. The average molecular weight is 747 g/mol. The molecule has 18 heteroatoms. The van der Waals surface area contributed by atoms with E-state index in [0.29, 0.717) is 21.4 Å². The molecule has 4 aromatic heterocycles. The third-order valence-electron chi connectivity index (χ3n) is 4.81. The van der Waals surface area contributed by atoms with Crippen molar-refractivity contribution in [1.29, 1.82) is 0 Å². The monoisotopic (exact) mass is 743 g/mol. The minimum Gasteiger partial charge on any atom is -0.363 e. The minimum atomic E-state index is 0.0625. The second kappa shape index (κ2) is 20.0. The lowest BCUT2D eigenvalue weighted by Crippen LogP contribution is -2.12. The van der Waals surface area contributed by atoms with E-state index >= 15 is 0 Å². The van der Waals surface area contributed by atoms with E-state index in [1.807, 2.05) is 72.0 Å². The molecule has 0 spiro atoms. The van der Waals surface area contributed by atoms with Gasteiger partial charge in [-0.3, -0.25) is 0 Å². The first kappa shape index (κ1) is 39.8. The third kappa shape index (κ3) is 15.7. The maximum Gasteiger partial charge on any atom is 0.225 e. The maximum absolute atomic E-state index is 5.80. The van der Waals surface area contributed by atoms with Gasteiger partial charge in [0.05, 0.1) is 0 Å². The predicted octanol–water partition coefficient (Wildman–Crippen LogP) is 7.80. The lowest BCUT2D eigenvalue weighted by atomic mass is 10.3. The first-order valence-electron chi connectivity index (χ1n) is 12.7. The zero-order valence-electron chi connectivity index (χ0n) is 25.3. The average Bonchev–Trinajstić information content (AvgIpc) is 2.92. The zero-order chi connectivity index (χ0) is 33.6. The van der Waals surface area contributed by atoms with Crippen LogP contribution >= 0.6 is 81.2 Å². The van der Waals surface area contributed by atoms with Crippen LogP contribution in [0.5, 0.6) is 0 Å². The van der Waals surface area contributed by atoms with Gasteiger partial charge in [-0.25, -0.2) is 39.9 Å². The van der Waals surface area contributed by atoms with Gasteiger partial charge in [-0.1, -0.05) is 60.3 Å². The van der Waals surface area contributed by atoms with Crippen LogP contribution in [0.1, 0.15) is 25.4 Å². The molecule has 0 saturated carbocycles. The van der Waals surface area contributed by atoms with Gasteiger partial charge >= 0.3 is 0 Å². The Morgan fingerprint density at radius 3 is 1.18 bits per heavy atom. The van der Waals surface area contributed by atoms with Crippen LogP contribution in [-0.2, 0) is 12.8 Å². The second-order valence-corrected chi connectivity index (χ2v) is 11.5. The van der Waals surface area contributed by atoms with Crippen LogP contribution < -0.4 is 14.7 Å². The van der Waals surface area contributed by atoms with E-state index in [4.69, 9.17) is 81.2 Å². The van der Waals surface area contributed by atoms with Gasteiger partial charge in [-0.2, -0.15) is 0 Å². The molecule has 0 fully saturated rings. The number of rotatable bonds is 5. The van der Waals surface area contributed by atoms with Crippen molar-refractivity contribution in [2.45, 2.75) is 26.7 Å². The van der Waals surface area contributed by atoms with Crippen LogP contribution in [0.2, 0.25) is 36.5 Å². The molecule has 0 aliphatic rings. The SMILES string of the molecule is CCc1cc(N(C)C)nc(Cl)n1.CCc1nc(Cl)cc(N(C)C)n1.CN(C)c1cc(Cl)nc(Cl)n1.Clc1cc(Cl)nc(Cl)n1.